The number of nitrogens with zero attached hydrogens (tertiary/aromatic N) is 5. The van der Waals surface area contributed by atoms with Crippen molar-refractivity contribution in [3.05, 3.63) is 36.7 Å². The van der Waals surface area contributed by atoms with Gasteiger partial charge in [0.05, 0.1) is 29.8 Å². The standard InChI is InChI=1S/C16H20N6O2/c1-24-10-15(23)22-7-3-2-4-14(22)13-5-6-19-16(21-13)20-12-8-17-11-18-9-12/h5-6,8-9,11,14H,2-4,7,10H2,1H3,(H,19,20,21). The van der Waals surface area contributed by atoms with Crippen LogP contribution in [0.3, 0.4) is 0 Å². The van der Waals surface area contributed by atoms with Gasteiger partial charge in [-0.05, 0) is 25.3 Å². The minimum Gasteiger partial charge on any atom is -0.375 e. The molecule has 126 valence electrons. The number of aromatic nitrogens is 4. The van der Waals surface area contributed by atoms with Gasteiger partial charge in [0, 0.05) is 19.9 Å². The quantitative estimate of drug-likeness (QED) is 0.893. The van der Waals surface area contributed by atoms with Crippen LogP contribution >= 0.6 is 0 Å². The van der Waals surface area contributed by atoms with Gasteiger partial charge in [0.1, 0.15) is 12.9 Å². The summed E-state index contributed by atoms with van der Waals surface area (Å²) in [7, 11) is 1.53. The van der Waals surface area contributed by atoms with E-state index in [2.05, 4.69) is 25.3 Å². The Morgan fingerprint density at radius 3 is 3.00 bits per heavy atom. The van der Waals surface area contributed by atoms with Crippen LogP contribution in [0.5, 0.6) is 0 Å². The monoisotopic (exact) mass is 328 g/mol. The van der Waals surface area contributed by atoms with Crippen molar-refractivity contribution in [3.63, 3.8) is 0 Å². The molecule has 1 N–H and O–H groups in total. The summed E-state index contributed by atoms with van der Waals surface area (Å²) in [6.07, 6.45) is 9.42. The molecule has 1 fully saturated rings. The minimum absolute atomic E-state index is 0.00761. The molecule has 3 heterocycles. The zero-order chi connectivity index (χ0) is 16.8. The molecule has 1 atom stereocenters. The highest BCUT2D eigenvalue weighted by molar-refractivity contribution is 5.78. The summed E-state index contributed by atoms with van der Waals surface area (Å²) in [5.74, 6) is 0.457. The summed E-state index contributed by atoms with van der Waals surface area (Å²) < 4.78 is 4.99. The van der Waals surface area contributed by atoms with Crippen LogP contribution in [0.4, 0.5) is 11.6 Å². The second-order valence-corrected chi connectivity index (χ2v) is 5.59. The Labute approximate surface area is 140 Å². The molecular formula is C16H20N6O2. The van der Waals surface area contributed by atoms with Gasteiger partial charge < -0.3 is 15.0 Å². The van der Waals surface area contributed by atoms with Crippen molar-refractivity contribution >= 4 is 17.5 Å². The van der Waals surface area contributed by atoms with Gasteiger partial charge in [0.25, 0.3) is 0 Å². The first-order chi connectivity index (χ1) is 11.8. The largest absolute Gasteiger partial charge is 0.375 e. The Balaban J connectivity index is 1.79. The van der Waals surface area contributed by atoms with Crippen molar-refractivity contribution < 1.29 is 9.53 Å². The van der Waals surface area contributed by atoms with Crippen molar-refractivity contribution in [1.82, 2.24) is 24.8 Å². The van der Waals surface area contributed by atoms with Crippen molar-refractivity contribution in [1.29, 1.82) is 0 Å². The molecule has 0 saturated carbocycles. The lowest BCUT2D eigenvalue weighted by Gasteiger charge is -2.35. The summed E-state index contributed by atoms with van der Waals surface area (Å²) in [6.45, 7) is 0.820. The molecule has 1 amide bonds. The predicted molar refractivity (Wildman–Crippen MR) is 87.5 cm³/mol. The Hall–Kier alpha value is -2.61. The van der Waals surface area contributed by atoms with Crippen molar-refractivity contribution in [2.75, 3.05) is 25.6 Å². The Morgan fingerprint density at radius 2 is 2.21 bits per heavy atom. The topological polar surface area (TPSA) is 93.1 Å². The zero-order valence-corrected chi connectivity index (χ0v) is 13.6. The van der Waals surface area contributed by atoms with E-state index in [0.717, 1.165) is 31.5 Å². The van der Waals surface area contributed by atoms with E-state index in [9.17, 15) is 4.79 Å². The molecule has 0 bridgehead atoms. The first-order valence-electron chi connectivity index (χ1n) is 7.91. The third kappa shape index (κ3) is 3.83. The van der Waals surface area contributed by atoms with E-state index in [0.29, 0.717) is 11.6 Å². The van der Waals surface area contributed by atoms with Crippen molar-refractivity contribution in [3.8, 4) is 0 Å². The SMILES string of the molecule is COCC(=O)N1CCCCC1c1ccnc(Nc2cncnc2)n1. The van der Waals surface area contributed by atoms with Crippen LogP contribution in [0.2, 0.25) is 0 Å². The highest BCUT2D eigenvalue weighted by Gasteiger charge is 2.29. The van der Waals surface area contributed by atoms with E-state index >= 15 is 0 Å². The van der Waals surface area contributed by atoms with Gasteiger partial charge in [0.2, 0.25) is 11.9 Å². The number of nitrogens with one attached hydrogen (secondary N) is 1. The average Bonchev–Trinajstić information content (AvgIpc) is 2.63. The average molecular weight is 328 g/mol. The van der Waals surface area contributed by atoms with Crippen LogP contribution in [-0.2, 0) is 9.53 Å². The summed E-state index contributed by atoms with van der Waals surface area (Å²) in [6, 6.07) is 1.81. The molecule has 1 unspecified atom stereocenters. The highest BCUT2D eigenvalue weighted by atomic mass is 16.5. The maximum atomic E-state index is 12.3. The van der Waals surface area contributed by atoms with Gasteiger partial charge in [-0.2, -0.15) is 0 Å². The number of likely N-dealkylation sites (tertiary alicyclic amines) is 1. The van der Waals surface area contributed by atoms with E-state index < -0.39 is 0 Å². The molecule has 1 aliphatic heterocycles. The summed E-state index contributed by atoms with van der Waals surface area (Å²) in [5, 5.41) is 3.08. The molecule has 0 spiro atoms. The molecule has 8 heteroatoms. The van der Waals surface area contributed by atoms with Crippen LogP contribution in [0, 0.1) is 0 Å². The fraction of sp³-hybridized carbons (Fsp3) is 0.438. The molecule has 2 aromatic rings. The molecule has 8 nitrogen and oxygen atoms in total. The lowest BCUT2D eigenvalue weighted by atomic mass is 9.99. The molecule has 1 saturated heterocycles. The summed E-state index contributed by atoms with van der Waals surface area (Å²) in [4.78, 5) is 30.8. The van der Waals surface area contributed by atoms with Gasteiger partial charge in [-0.25, -0.2) is 19.9 Å². The van der Waals surface area contributed by atoms with Crippen LogP contribution in [0.15, 0.2) is 31.0 Å². The number of hydrogen-bond acceptors (Lipinski definition) is 7. The third-order valence-electron chi connectivity index (χ3n) is 3.93. The number of anilines is 2. The van der Waals surface area contributed by atoms with Gasteiger partial charge in [-0.3, -0.25) is 4.79 Å². The summed E-state index contributed by atoms with van der Waals surface area (Å²) in [5.41, 5.74) is 1.54. The van der Waals surface area contributed by atoms with E-state index in [-0.39, 0.29) is 18.6 Å². The second kappa shape index (κ2) is 7.78. The number of methoxy groups -OCH3 is 1. The van der Waals surface area contributed by atoms with Crippen LogP contribution in [0.25, 0.3) is 0 Å². The lowest BCUT2D eigenvalue weighted by molar-refractivity contribution is -0.139. The van der Waals surface area contributed by atoms with E-state index in [1.54, 1.807) is 18.6 Å². The highest BCUT2D eigenvalue weighted by Crippen LogP contribution is 2.30. The third-order valence-corrected chi connectivity index (χ3v) is 3.93. The fourth-order valence-electron chi connectivity index (χ4n) is 2.86. The molecule has 1 aliphatic rings. The molecule has 24 heavy (non-hydrogen) atoms. The zero-order valence-electron chi connectivity index (χ0n) is 13.6. The second-order valence-electron chi connectivity index (χ2n) is 5.59. The first-order valence-corrected chi connectivity index (χ1v) is 7.91. The van der Waals surface area contributed by atoms with Gasteiger partial charge in [-0.1, -0.05) is 0 Å². The van der Waals surface area contributed by atoms with Gasteiger partial charge in [-0.15, -0.1) is 0 Å². The predicted octanol–water partition coefficient (Wildman–Crippen LogP) is 1.71. The minimum atomic E-state index is -0.0445. The van der Waals surface area contributed by atoms with Crippen molar-refractivity contribution in [2.24, 2.45) is 0 Å². The lowest BCUT2D eigenvalue weighted by Crippen LogP contribution is -2.40. The number of rotatable bonds is 5. The Morgan fingerprint density at radius 1 is 1.38 bits per heavy atom. The van der Waals surface area contributed by atoms with E-state index in [4.69, 9.17) is 4.74 Å². The van der Waals surface area contributed by atoms with Crippen LogP contribution < -0.4 is 5.32 Å². The smallest absolute Gasteiger partial charge is 0.249 e. The molecule has 0 aliphatic carbocycles. The summed E-state index contributed by atoms with van der Waals surface area (Å²) >= 11 is 0. The first kappa shape index (κ1) is 16.3. The van der Waals surface area contributed by atoms with Crippen LogP contribution in [-0.4, -0.2) is 51.0 Å². The van der Waals surface area contributed by atoms with Crippen molar-refractivity contribution in [2.45, 2.75) is 25.3 Å². The number of piperidine rings is 1. The molecular weight excluding hydrogens is 308 g/mol. The maximum Gasteiger partial charge on any atom is 0.249 e. The molecule has 0 aromatic carbocycles. The molecule has 3 rings (SSSR count). The Kier molecular flexibility index (Phi) is 5.27. The fourth-order valence-corrected chi connectivity index (χ4v) is 2.86. The molecule has 0 radical (unpaired) electrons. The molecule has 2 aromatic heterocycles. The number of ether oxygens (including phenoxy) is 1. The maximum absolute atomic E-state index is 12.3. The normalized spacial score (nSPS) is 17.5. The van der Waals surface area contributed by atoms with Gasteiger partial charge in [0.15, 0.2) is 0 Å². The van der Waals surface area contributed by atoms with Gasteiger partial charge >= 0.3 is 0 Å². The van der Waals surface area contributed by atoms with E-state index in [1.807, 2.05) is 11.0 Å². The number of carbonyl (C=O) groups is 1. The number of hydrogen-bond donors (Lipinski definition) is 1. The van der Waals surface area contributed by atoms with E-state index in [1.165, 1.54) is 13.4 Å². The number of carbonyl (C=O) groups excluding carboxylic acids is 1. The number of amides is 1. The van der Waals surface area contributed by atoms with Crippen LogP contribution in [0.1, 0.15) is 31.0 Å². The Bertz CT molecular complexity index is 681.